The molecule has 29 heavy (non-hydrogen) atoms. The third-order valence-corrected chi connectivity index (χ3v) is 6.25. The molecule has 4 rings (SSSR count). The molecule has 2 aliphatic rings. The summed E-state index contributed by atoms with van der Waals surface area (Å²) in [5.74, 6) is -0.693. The van der Waals surface area contributed by atoms with Crippen LogP contribution in [0.2, 0.25) is 0 Å². The van der Waals surface area contributed by atoms with Crippen LogP contribution < -0.4 is 5.32 Å². The van der Waals surface area contributed by atoms with E-state index in [0.717, 1.165) is 12.0 Å². The molecule has 0 spiro atoms. The number of hydrogen-bond donors (Lipinski definition) is 1. The monoisotopic (exact) mass is 412 g/mol. The number of hydrogen-bond acceptors (Lipinski definition) is 5. The van der Waals surface area contributed by atoms with Crippen LogP contribution in [-0.2, 0) is 20.9 Å². The summed E-state index contributed by atoms with van der Waals surface area (Å²) in [4.78, 5) is 45.7. The van der Waals surface area contributed by atoms with E-state index in [1.807, 2.05) is 31.2 Å². The molecule has 0 bridgehead atoms. The molecule has 2 aliphatic heterocycles. The second-order valence-electron chi connectivity index (χ2n) is 7.68. The van der Waals surface area contributed by atoms with Crippen LogP contribution in [0.4, 0.5) is 5.13 Å². The number of nitrogens with zero attached hydrogens (tertiary/aromatic N) is 3. The maximum atomic E-state index is 13.1. The lowest BCUT2D eigenvalue weighted by molar-refractivity contribution is -0.140. The van der Waals surface area contributed by atoms with Crippen LogP contribution in [0.5, 0.6) is 0 Å². The van der Waals surface area contributed by atoms with Crippen molar-refractivity contribution >= 4 is 34.2 Å². The first-order valence-electron chi connectivity index (χ1n) is 9.85. The van der Waals surface area contributed by atoms with Gasteiger partial charge in [-0.2, -0.15) is 0 Å². The van der Waals surface area contributed by atoms with Gasteiger partial charge in [-0.1, -0.05) is 29.8 Å². The van der Waals surface area contributed by atoms with Crippen molar-refractivity contribution in [1.29, 1.82) is 0 Å². The minimum Gasteiger partial charge on any atom is -0.338 e. The average molecular weight is 413 g/mol. The molecule has 1 aromatic heterocycles. The SMILES string of the molecule is Cc1ccc(CN2CC(C(=O)N3CCCC3C(=O)Nc3nccs3)CC2=O)cc1. The van der Waals surface area contributed by atoms with E-state index in [4.69, 9.17) is 0 Å². The highest BCUT2D eigenvalue weighted by Gasteiger charge is 2.41. The first-order chi connectivity index (χ1) is 14.0. The van der Waals surface area contributed by atoms with Gasteiger partial charge < -0.3 is 15.1 Å². The molecular weight excluding hydrogens is 388 g/mol. The molecule has 7 nitrogen and oxygen atoms in total. The molecule has 2 unspecified atom stereocenters. The summed E-state index contributed by atoms with van der Waals surface area (Å²) in [6.45, 7) is 3.49. The van der Waals surface area contributed by atoms with Crippen molar-refractivity contribution in [3.63, 3.8) is 0 Å². The van der Waals surface area contributed by atoms with Crippen LogP contribution in [0.3, 0.4) is 0 Å². The fraction of sp³-hybridized carbons (Fsp3) is 0.429. The molecule has 1 N–H and O–H groups in total. The molecule has 2 aromatic rings. The molecule has 0 aliphatic carbocycles. The first kappa shape index (κ1) is 19.6. The van der Waals surface area contributed by atoms with E-state index in [0.29, 0.717) is 31.2 Å². The van der Waals surface area contributed by atoms with Gasteiger partial charge in [0.2, 0.25) is 17.7 Å². The lowest BCUT2D eigenvalue weighted by Gasteiger charge is -2.26. The van der Waals surface area contributed by atoms with Crippen molar-refractivity contribution in [2.24, 2.45) is 5.92 Å². The molecule has 0 radical (unpaired) electrons. The van der Waals surface area contributed by atoms with E-state index < -0.39 is 6.04 Å². The van der Waals surface area contributed by atoms with Crippen LogP contribution in [0, 0.1) is 12.8 Å². The van der Waals surface area contributed by atoms with Crippen LogP contribution in [-0.4, -0.2) is 51.6 Å². The maximum absolute atomic E-state index is 13.1. The van der Waals surface area contributed by atoms with Crippen LogP contribution in [0.1, 0.15) is 30.4 Å². The highest BCUT2D eigenvalue weighted by molar-refractivity contribution is 7.13. The highest BCUT2D eigenvalue weighted by Crippen LogP contribution is 2.27. The molecule has 2 atom stereocenters. The van der Waals surface area contributed by atoms with E-state index in [1.165, 1.54) is 16.9 Å². The zero-order chi connectivity index (χ0) is 20.4. The highest BCUT2D eigenvalue weighted by atomic mass is 32.1. The van der Waals surface area contributed by atoms with Gasteiger partial charge >= 0.3 is 0 Å². The standard InChI is InChI=1S/C21H24N4O3S/c1-14-4-6-15(7-5-14)12-24-13-16(11-18(24)26)20(28)25-9-2-3-17(25)19(27)23-21-22-8-10-29-21/h4-8,10,16-17H,2-3,9,11-13H2,1H3,(H,22,23,27). The smallest absolute Gasteiger partial charge is 0.248 e. The topological polar surface area (TPSA) is 82.6 Å². The summed E-state index contributed by atoms with van der Waals surface area (Å²) in [6, 6.07) is 7.57. The van der Waals surface area contributed by atoms with E-state index in [2.05, 4.69) is 10.3 Å². The molecule has 3 heterocycles. The minimum absolute atomic E-state index is 0.00749. The Labute approximate surface area is 173 Å². The Hall–Kier alpha value is -2.74. The Morgan fingerprint density at radius 3 is 2.79 bits per heavy atom. The van der Waals surface area contributed by atoms with Gasteiger partial charge in [-0.15, -0.1) is 11.3 Å². The summed E-state index contributed by atoms with van der Waals surface area (Å²) in [6.07, 6.45) is 3.26. The molecular formula is C21H24N4O3S. The number of carbonyl (C=O) groups is 3. The number of nitrogens with one attached hydrogen (secondary N) is 1. The largest absolute Gasteiger partial charge is 0.338 e. The number of anilines is 1. The van der Waals surface area contributed by atoms with Gasteiger partial charge in [-0.3, -0.25) is 14.4 Å². The predicted octanol–water partition coefficient (Wildman–Crippen LogP) is 2.43. The zero-order valence-electron chi connectivity index (χ0n) is 16.3. The lowest BCUT2D eigenvalue weighted by atomic mass is 10.1. The second kappa shape index (κ2) is 8.32. The number of benzene rings is 1. The normalized spacial score (nSPS) is 21.6. The molecule has 8 heteroatoms. The van der Waals surface area contributed by atoms with Crippen molar-refractivity contribution in [2.75, 3.05) is 18.4 Å². The molecule has 0 saturated carbocycles. The minimum atomic E-state index is -0.493. The summed E-state index contributed by atoms with van der Waals surface area (Å²) in [7, 11) is 0. The van der Waals surface area contributed by atoms with Gasteiger partial charge in [0, 0.05) is 37.6 Å². The van der Waals surface area contributed by atoms with Crippen molar-refractivity contribution < 1.29 is 14.4 Å². The second-order valence-corrected chi connectivity index (χ2v) is 8.57. The maximum Gasteiger partial charge on any atom is 0.248 e. The molecule has 2 saturated heterocycles. The van der Waals surface area contributed by atoms with Gasteiger partial charge in [0.15, 0.2) is 5.13 Å². The lowest BCUT2D eigenvalue weighted by Crippen LogP contribution is -2.46. The van der Waals surface area contributed by atoms with Gasteiger partial charge in [-0.05, 0) is 25.3 Å². The average Bonchev–Trinajstić information content (AvgIpc) is 3.45. The van der Waals surface area contributed by atoms with Crippen molar-refractivity contribution in [1.82, 2.24) is 14.8 Å². The third-order valence-electron chi connectivity index (χ3n) is 5.56. The van der Waals surface area contributed by atoms with E-state index in [9.17, 15) is 14.4 Å². The predicted molar refractivity (Wildman–Crippen MR) is 110 cm³/mol. The van der Waals surface area contributed by atoms with Crippen molar-refractivity contribution in [3.05, 3.63) is 47.0 Å². The van der Waals surface area contributed by atoms with Gasteiger partial charge in [0.05, 0.1) is 5.92 Å². The van der Waals surface area contributed by atoms with E-state index in [-0.39, 0.29) is 30.1 Å². The summed E-state index contributed by atoms with van der Waals surface area (Å²) in [5.41, 5.74) is 2.23. The number of rotatable bonds is 5. The Kier molecular flexibility index (Phi) is 5.62. The Morgan fingerprint density at radius 2 is 2.07 bits per heavy atom. The number of thiazole rings is 1. The summed E-state index contributed by atoms with van der Waals surface area (Å²) >= 11 is 1.35. The van der Waals surface area contributed by atoms with Crippen molar-refractivity contribution in [3.8, 4) is 0 Å². The number of carbonyl (C=O) groups excluding carboxylic acids is 3. The zero-order valence-corrected chi connectivity index (χ0v) is 17.2. The number of likely N-dealkylation sites (tertiary alicyclic amines) is 2. The van der Waals surface area contributed by atoms with Crippen LogP contribution in [0.25, 0.3) is 0 Å². The Balaban J connectivity index is 1.38. The Bertz CT molecular complexity index is 897. The Morgan fingerprint density at radius 1 is 1.28 bits per heavy atom. The molecule has 152 valence electrons. The summed E-state index contributed by atoms with van der Waals surface area (Å²) in [5, 5.41) is 5.12. The van der Waals surface area contributed by atoms with Gasteiger partial charge in [0.1, 0.15) is 6.04 Å². The molecule has 1 aromatic carbocycles. The van der Waals surface area contributed by atoms with Gasteiger partial charge in [-0.25, -0.2) is 4.98 Å². The number of aromatic nitrogens is 1. The summed E-state index contributed by atoms with van der Waals surface area (Å²) < 4.78 is 0. The number of aryl methyl sites for hydroxylation is 1. The molecule has 3 amide bonds. The fourth-order valence-corrected chi connectivity index (χ4v) is 4.55. The van der Waals surface area contributed by atoms with E-state index in [1.54, 1.807) is 21.4 Å². The quantitative estimate of drug-likeness (QED) is 0.818. The van der Waals surface area contributed by atoms with Crippen molar-refractivity contribution in [2.45, 2.75) is 38.8 Å². The molecule has 2 fully saturated rings. The van der Waals surface area contributed by atoms with E-state index >= 15 is 0 Å². The van der Waals surface area contributed by atoms with Crippen LogP contribution in [0.15, 0.2) is 35.8 Å². The fourth-order valence-electron chi connectivity index (χ4n) is 4.02. The van der Waals surface area contributed by atoms with Crippen LogP contribution >= 0.6 is 11.3 Å². The third kappa shape index (κ3) is 4.32. The van der Waals surface area contributed by atoms with Gasteiger partial charge in [0.25, 0.3) is 0 Å². The number of amides is 3. The first-order valence-corrected chi connectivity index (χ1v) is 10.7.